The van der Waals surface area contributed by atoms with Crippen molar-refractivity contribution in [1.29, 1.82) is 0 Å². The molecule has 0 spiro atoms. The molecule has 2 aromatic carbocycles. The molecule has 0 aliphatic rings. The number of amides is 1. The predicted molar refractivity (Wildman–Crippen MR) is 105 cm³/mol. The molecule has 0 radical (unpaired) electrons. The molecule has 0 aliphatic heterocycles. The summed E-state index contributed by atoms with van der Waals surface area (Å²) in [6.45, 7) is -2.25. The van der Waals surface area contributed by atoms with Crippen molar-refractivity contribution in [3.05, 3.63) is 59.4 Å². The van der Waals surface area contributed by atoms with Crippen LogP contribution in [0.2, 0.25) is 0 Å². The van der Waals surface area contributed by atoms with Crippen molar-refractivity contribution in [1.82, 2.24) is 5.43 Å². The molecule has 1 amide bonds. The van der Waals surface area contributed by atoms with Gasteiger partial charge >= 0.3 is 0 Å². The number of amidine groups is 1. The van der Waals surface area contributed by atoms with Gasteiger partial charge in [0.25, 0.3) is 5.91 Å². The minimum absolute atomic E-state index is 0.0250. The summed E-state index contributed by atoms with van der Waals surface area (Å²) in [5.41, 5.74) is 2.22. The van der Waals surface area contributed by atoms with E-state index in [1.54, 1.807) is 0 Å². The first-order chi connectivity index (χ1) is 14.9. The summed E-state index contributed by atoms with van der Waals surface area (Å²) in [4.78, 5) is 12.6. The van der Waals surface area contributed by atoms with E-state index in [9.17, 15) is 22.4 Å². The lowest BCUT2D eigenvalue weighted by molar-refractivity contribution is 0.102. The summed E-state index contributed by atoms with van der Waals surface area (Å²) in [6.07, 6.45) is -0.328. The van der Waals surface area contributed by atoms with Gasteiger partial charge in [0.2, 0.25) is 0 Å². The number of hydrogen-bond donors (Lipinski definition) is 4. The van der Waals surface area contributed by atoms with Crippen LogP contribution >= 0.6 is 0 Å². The fraction of sp³-hybridized carbons (Fsp3) is 0.158. The molecule has 12 heteroatoms. The number of ether oxygens (including phenoxy) is 1. The number of fused-ring (bicyclic) bond motifs is 1. The number of furan rings is 1. The Morgan fingerprint density at radius 1 is 1.13 bits per heavy atom. The van der Waals surface area contributed by atoms with Crippen LogP contribution in [0.3, 0.4) is 0 Å². The third-order valence-electron chi connectivity index (χ3n) is 4.26. The zero-order valence-corrected chi connectivity index (χ0v) is 15.8. The van der Waals surface area contributed by atoms with E-state index in [0.29, 0.717) is 0 Å². The highest BCUT2D eigenvalue weighted by molar-refractivity contribution is 6.13. The van der Waals surface area contributed by atoms with Gasteiger partial charge in [-0.25, -0.2) is 23.4 Å². The highest BCUT2D eigenvalue weighted by Crippen LogP contribution is 2.27. The molecule has 0 saturated carbocycles. The fourth-order valence-corrected chi connectivity index (χ4v) is 2.75. The number of halogens is 4. The number of hydrazone groups is 1. The molecular formula is C19H17F4N5O3. The topological polar surface area (TPSA) is 128 Å². The lowest BCUT2D eigenvalue weighted by Gasteiger charge is -2.14. The SMILES string of the molecule is N/N=C(\NN)c1cc2occ(C(=O)Nc3ccc(OC(CF)CF)c(F)c3)c2cc1F. The molecule has 3 rings (SSSR count). The van der Waals surface area contributed by atoms with E-state index in [-0.39, 0.29) is 39.4 Å². The van der Waals surface area contributed by atoms with Crippen molar-refractivity contribution in [2.75, 3.05) is 18.7 Å². The third-order valence-corrected chi connectivity index (χ3v) is 4.26. The molecule has 31 heavy (non-hydrogen) atoms. The standard InChI is InChI=1S/C19H17F4N5O3/c20-6-10(7-21)31-16-2-1-9(3-15(16)23)26-19(29)13-8-30-17-5-12(18(27-24)28-25)14(22)4-11(13)17/h1-5,8,10H,6-7,24-25H2,(H,26,29)(H,27,28). The summed E-state index contributed by atoms with van der Waals surface area (Å²) < 4.78 is 63.8. The van der Waals surface area contributed by atoms with E-state index in [4.69, 9.17) is 20.8 Å². The molecule has 1 aromatic heterocycles. The third kappa shape index (κ3) is 4.53. The lowest BCUT2D eigenvalue weighted by atomic mass is 10.1. The zero-order chi connectivity index (χ0) is 22.5. The fourth-order valence-electron chi connectivity index (χ4n) is 2.75. The Morgan fingerprint density at radius 3 is 2.48 bits per heavy atom. The molecular weight excluding hydrogens is 422 g/mol. The monoisotopic (exact) mass is 439 g/mol. The van der Waals surface area contributed by atoms with E-state index in [0.717, 1.165) is 24.5 Å². The second kappa shape index (κ2) is 9.34. The van der Waals surface area contributed by atoms with Crippen molar-refractivity contribution in [3.8, 4) is 5.75 Å². The van der Waals surface area contributed by atoms with Gasteiger partial charge in [-0.05, 0) is 24.3 Å². The Labute approximate surface area is 172 Å². The first kappa shape index (κ1) is 21.9. The molecule has 1 heterocycles. The average Bonchev–Trinajstić information content (AvgIpc) is 3.17. The Kier molecular flexibility index (Phi) is 6.60. The lowest BCUT2D eigenvalue weighted by Crippen LogP contribution is -2.32. The number of nitrogens with one attached hydrogen (secondary N) is 2. The van der Waals surface area contributed by atoms with E-state index in [1.807, 2.05) is 0 Å². The number of anilines is 1. The van der Waals surface area contributed by atoms with E-state index in [2.05, 4.69) is 15.8 Å². The molecule has 8 nitrogen and oxygen atoms in total. The first-order valence-electron chi connectivity index (χ1n) is 8.76. The molecule has 0 aliphatic carbocycles. The van der Waals surface area contributed by atoms with Gasteiger partial charge in [0, 0.05) is 17.1 Å². The van der Waals surface area contributed by atoms with Crippen LogP contribution in [0.4, 0.5) is 23.2 Å². The van der Waals surface area contributed by atoms with Crippen molar-refractivity contribution < 1.29 is 31.5 Å². The van der Waals surface area contributed by atoms with Gasteiger partial charge in [-0.3, -0.25) is 4.79 Å². The van der Waals surface area contributed by atoms with Crippen molar-refractivity contribution >= 4 is 28.4 Å². The Bertz CT molecular complexity index is 1130. The van der Waals surface area contributed by atoms with Crippen LogP contribution in [0.25, 0.3) is 11.0 Å². The summed E-state index contributed by atoms with van der Waals surface area (Å²) in [5, 5.41) is 5.88. The minimum atomic E-state index is -1.42. The van der Waals surface area contributed by atoms with Crippen LogP contribution in [0.5, 0.6) is 5.75 Å². The Hall–Kier alpha value is -3.80. The number of carbonyl (C=O) groups excluding carboxylic acids is 1. The summed E-state index contributed by atoms with van der Waals surface area (Å²) in [6, 6.07) is 5.61. The summed E-state index contributed by atoms with van der Waals surface area (Å²) in [7, 11) is 0. The molecule has 0 fully saturated rings. The quantitative estimate of drug-likeness (QED) is 0.147. The van der Waals surface area contributed by atoms with Crippen LogP contribution in [-0.2, 0) is 0 Å². The van der Waals surface area contributed by atoms with Gasteiger partial charge in [0.05, 0.1) is 11.1 Å². The zero-order valence-electron chi connectivity index (χ0n) is 15.8. The van der Waals surface area contributed by atoms with Crippen LogP contribution in [0, 0.1) is 11.6 Å². The first-order valence-corrected chi connectivity index (χ1v) is 8.76. The number of hydrazine groups is 1. The minimum Gasteiger partial charge on any atom is -0.482 e. The van der Waals surface area contributed by atoms with Gasteiger partial charge in [-0.2, -0.15) is 5.10 Å². The van der Waals surface area contributed by atoms with Gasteiger partial charge in [-0.1, -0.05) is 0 Å². The number of rotatable bonds is 7. The number of hydrogen-bond acceptors (Lipinski definition) is 6. The van der Waals surface area contributed by atoms with Crippen molar-refractivity contribution in [2.45, 2.75) is 6.10 Å². The van der Waals surface area contributed by atoms with Crippen molar-refractivity contribution in [2.24, 2.45) is 16.8 Å². The highest BCUT2D eigenvalue weighted by atomic mass is 19.1. The van der Waals surface area contributed by atoms with Gasteiger partial charge in [-0.15, -0.1) is 0 Å². The summed E-state index contributed by atoms with van der Waals surface area (Å²) in [5.74, 6) is 7.45. The summed E-state index contributed by atoms with van der Waals surface area (Å²) >= 11 is 0. The second-order valence-corrected chi connectivity index (χ2v) is 6.25. The van der Waals surface area contributed by atoms with E-state index < -0.39 is 37.0 Å². The molecule has 0 bridgehead atoms. The maximum atomic E-state index is 14.4. The van der Waals surface area contributed by atoms with Crippen LogP contribution in [0.1, 0.15) is 15.9 Å². The van der Waals surface area contributed by atoms with E-state index >= 15 is 0 Å². The smallest absolute Gasteiger partial charge is 0.259 e. The maximum Gasteiger partial charge on any atom is 0.259 e. The van der Waals surface area contributed by atoms with Gasteiger partial charge in [0.15, 0.2) is 23.5 Å². The van der Waals surface area contributed by atoms with Gasteiger partial charge in [0.1, 0.15) is 31.0 Å². The largest absolute Gasteiger partial charge is 0.482 e. The molecule has 0 saturated heterocycles. The highest BCUT2D eigenvalue weighted by Gasteiger charge is 2.19. The molecule has 164 valence electrons. The van der Waals surface area contributed by atoms with Gasteiger partial charge < -0.3 is 25.7 Å². The molecule has 3 aromatic rings. The maximum absolute atomic E-state index is 14.4. The van der Waals surface area contributed by atoms with Crippen LogP contribution in [0.15, 0.2) is 46.1 Å². The average molecular weight is 439 g/mol. The predicted octanol–water partition coefficient (Wildman–Crippen LogP) is 2.73. The Morgan fingerprint density at radius 2 is 1.87 bits per heavy atom. The normalized spacial score (nSPS) is 11.7. The van der Waals surface area contributed by atoms with Crippen molar-refractivity contribution in [3.63, 3.8) is 0 Å². The number of nitrogens with two attached hydrogens (primary N) is 2. The van der Waals surface area contributed by atoms with Crippen LogP contribution in [-0.4, -0.2) is 31.2 Å². The molecule has 6 N–H and O–H groups in total. The number of nitrogens with zero attached hydrogens (tertiary/aromatic N) is 1. The number of carbonyl (C=O) groups is 1. The van der Waals surface area contributed by atoms with E-state index in [1.165, 1.54) is 12.1 Å². The number of alkyl halides is 2. The molecule has 0 unspecified atom stereocenters. The Balaban J connectivity index is 1.84. The molecule has 0 atom stereocenters. The second-order valence-electron chi connectivity index (χ2n) is 6.25. The number of benzene rings is 2. The van der Waals surface area contributed by atoms with Crippen LogP contribution < -0.4 is 27.2 Å².